The number of nitrogens with one attached hydrogen (secondary N) is 1. The molecule has 0 aliphatic carbocycles. The lowest BCUT2D eigenvalue weighted by atomic mass is 10.1. The van der Waals surface area contributed by atoms with Crippen LogP contribution in [0.4, 0.5) is 0 Å². The van der Waals surface area contributed by atoms with Crippen LogP contribution in [0.15, 0.2) is 0 Å². The molecule has 0 aromatic heterocycles. The molecule has 0 saturated heterocycles. The third kappa shape index (κ3) is 2.79. The largest absolute Gasteiger partial charge is 0.462 e. The van der Waals surface area contributed by atoms with E-state index in [1.165, 1.54) is 0 Å². The summed E-state index contributed by atoms with van der Waals surface area (Å²) in [6, 6.07) is 0. The molecule has 12 heavy (non-hydrogen) atoms. The number of ether oxygens (including phenoxy) is 1. The third-order valence-corrected chi connectivity index (χ3v) is 1.66. The Bertz CT molecular complexity index is 152. The smallest absolute Gasteiger partial charge is 0.328 e. The first kappa shape index (κ1) is 11.4. The maximum atomic E-state index is 11.3. The Morgan fingerprint density at radius 2 is 2.17 bits per heavy atom. The van der Waals surface area contributed by atoms with Crippen molar-refractivity contribution in [2.75, 3.05) is 13.7 Å². The monoisotopic (exact) mass is 175 g/mol. The van der Waals surface area contributed by atoms with E-state index in [9.17, 15) is 4.79 Å². The van der Waals surface area contributed by atoms with Crippen LogP contribution in [-0.4, -0.2) is 36.4 Å². The molecule has 72 valence electrons. The fourth-order valence-corrected chi connectivity index (χ4v) is 0.590. The molecule has 0 aliphatic heterocycles. The molecular formula is C8H17NO3. The van der Waals surface area contributed by atoms with Crippen molar-refractivity contribution in [1.82, 2.24) is 5.32 Å². The highest BCUT2D eigenvalue weighted by Gasteiger charge is 2.32. The second-order valence-electron chi connectivity index (χ2n) is 3.19. The molecule has 0 amide bonds. The van der Waals surface area contributed by atoms with E-state index >= 15 is 0 Å². The zero-order valence-corrected chi connectivity index (χ0v) is 8.05. The van der Waals surface area contributed by atoms with Gasteiger partial charge in [-0.1, -0.05) is 0 Å². The first-order chi connectivity index (χ1) is 5.46. The summed E-state index contributed by atoms with van der Waals surface area (Å²) >= 11 is 0. The average molecular weight is 175 g/mol. The standard InChI is InChI=1S/C8H17NO3/c1-6(2)12-7(11)8(3,5-10)9-4/h6,9-10H,5H2,1-4H3/t8-/m0/s1. The minimum absolute atomic E-state index is 0.156. The maximum absolute atomic E-state index is 11.3. The number of hydrogen-bond donors (Lipinski definition) is 2. The summed E-state index contributed by atoms with van der Waals surface area (Å²) in [5.41, 5.74) is -0.982. The number of hydrogen-bond acceptors (Lipinski definition) is 4. The molecule has 2 N–H and O–H groups in total. The van der Waals surface area contributed by atoms with Crippen LogP contribution >= 0.6 is 0 Å². The van der Waals surface area contributed by atoms with Gasteiger partial charge in [0, 0.05) is 0 Å². The summed E-state index contributed by atoms with van der Waals surface area (Å²) in [5, 5.41) is 11.6. The molecule has 0 fully saturated rings. The van der Waals surface area contributed by atoms with Crippen LogP contribution in [0, 0.1) is 0 Å². The van der Waals surface area contributed by atoms with E-state index in [0.717, 1.165) is 0 Å². The van der Waals surface area contributed by atoms with Gasteiger partial charge >= 0.3 is 5.97 Å². The lowest BCUT2D eigenvalue weighted by molar-refractivity contribution is -0.156. The van der Waals surface area contributed by atoms with E-state index in [-0.39, 0.29) is 12.7 Å². The first-order valence-electron chi connectivity index (χ1n) is 3.97. The van der Waals surface area contributed by atoms with Crippen molar-refractivity contribution in [3.05, 3.63) is 0 Å². The SMILES string of the molecule is CN[C@@](C)(CO)C(=O)OC(C)C. The van der Waals surface area contributed by atoms with Crippen molar-refractivity contribution < 1.29 is 14.6 Å². The van der Waals surface area contributed by atoms with Gasteiger partial charge in [0.15, 0.2) is 0 Å². The molecule has 4 nitrogen and oxygen atoms in total. The van der Waals surface area contributed by atoms with Crippen LogP contribution in [0.5, 0.6) is 0 Å². The Morgan fingerprint density at radius 1 is 1.67 bits per heavy atom. The molecular weight excluding hydrogens is 158 g/mol. The normalized spacial score (nSPS) is 15.8. The number of rotatable bonds is 4. The van der Waals surface area contributed by atoms with Gasteiger partial charge in [-0.3, -0.25) is 0 Å². The van der Waals surface area contributed by atoms with Gasteiger partial charge in [0.25, 0.3) is 0 Å². The van der Waals surface area contributed by atoms with E-state index in [2.05, 4.69) is 5.32 Å². The van der Waals surface area contributed by atoms with Gasteiger partial charge in [-0.2, -0.15) is 0 Å². The molecule has 0 aliphatic rings. The van der Waals surface area contributed by atoms with Crippen molar-refractivity contribution in [3.63, 3.8) is 0 Å². The number of esters is 1. The quantitative estimate of drug-likeness (QED) is 0.586. The lowest BCUT2D eigenvalue weighted by Gasteiger charge is -2.25. The Balaban J connectivity index is 4.22. The van der Waals surface area contributed by atoms with Gasteiger partial charge in [-0.15, -0.1) is 0 Å². The minimum atomic E-state index is -0.982. The van der Waals surface area contributed by atoms with Crippen molar-refractivity contribution in [3.8, 4) is 0 Å². The van der Waals surface area contributed by atoms with E-state index in [1.54, 1.807) is 27.8 Å². The first-order valence-corrected chi connectivity index (χ1v) is 3.97. The van der Waals surface area contributed by atoms with Gasteiger partial charge in [-0.25, -0.2) is 4.79 Å². The second-order valence-corrected chi connectivity index (χ2v) is 3.19. The van der Waals surface area contributed by atoms with Crippen LogP contribution < -0.4 is 5.32 Å². The molecule has 0 unspecified atom stereocenters. The molecule has 0 radical (unpaired) electrons. The van der Waals surface area contributed by atoms with Crippen LogP contribution in [0.2, 0.25) is 0 Å². The summed E-state index contributed by atoms with van der Waals surface area (Å²) in [7, 11) is 1.61. The fourth-order valence-electron chi connectivity index (χ4n) is 0.590. The topological polar surface area (TPSA) is 58.6 Å². The summed E-state index contributed by atoms with van der Waals surface area (Å²) in [6.07, 6.45) is -0.156. The van der Waals surface area contributed by atoms with Crippen LogP contribution in [-0.2, 0) is 9.53 Å². The zero-order valence-electron chi connectivity index (χ0n) is 8.05. The number of aliphatic hydroxyl groups excluding tert-OH is 1. The number of aliphatic hydroxyl groups is 1. The fraction of sp³-hybridized carbons (Fsp3) is 0.875. The molecule has 0 heterocycles. The summed E-state index contributed by atoms with van der Waals surface area (Å²) in [5.74, 6) is -0.428. The Kier molecular flexibility index (Phi) is 4.20. The molecule has 0 spiro atoms. The Labute approximate surface area is 72.9 Å². The minimum Gasteiger partial charge on any atom is -0.462 e. The average Bonchev–Trinajstić information content (AvgIpc) is 2.02. The number of likely N-dealkylation sites (N-methyl/N-ethyl adjacent to an activating group) is 1. The molecule has 4 heteroatoms. The van der Waals surface area contributed by atoms with Gasteiger partial charge < -0.3 is 15.2 Å². The van der Waals surface area contributed by atoms with Gasteiger partial charge in [0.2, 0.25) is 0 Å². The highest BCUT2D eigenvalue weighted by atomic mass is 16.5. The molecule has 0 bridgehead atoms. The molecule has 0 aromatic rings. The highest BCUT2D eigenvalue weighted by molar-refractivity contribution is 5.80. The van der Waals surface area contributed by atoms with Crippen molar-refractivity contribution >= 4 is 5.97 Å². The van der Waals surface area contributed by atoms with E-state index in [0.29, 0.717) is 0 Å². The summed E-state index contributed by atoms with van der Waals surface area (Å²) < 4.78 is 4.94. The summed E-state index contributed by atoms with van der Waals surface area (Å²) in [4.78, 5) is 11.3. The molecule has 0 saturated carbocycles. The molecule has 0 rings (SSSR count). The van der Waals surface area contributed by atoms with Crippen molar-refractivity contribution in [2.45, 2.75) is 32.4 Å². The Morgan fingerprint density at radius 3 is 2.42 bits per heavy atom. The van der Waals surface area contributed by atoms with E-state index in [1.807, 2.05) is 0 Å². The third-order valence-electron chi connectivity index (χ3n) is 1.66. The van der Waals surface area contributed by atoms with Crippen LogP contribution in [0.3, 0.4) is 0 Å². The van der Waals surface area contributed by atoms with E-state index in [4.69, 9.17) is 9.84 Å². The predicted molar refractivity (Wildman–Crippen MR) is 45.8 cm³/mol. The van der Waals surface area contributed by atoms with E-state index < -0.39 is 11.5 Å². The maximum Gasteiger partial charge on any atom is 0.328 e. The summed E-state index contributed by atoms with van der Waals surface area (Å²) in [6.45, 7) is 4.86. The van der Waals surface area contributed by atoms with Gasteiger partial charge in [-0.05, 0) is 27.8 Å². The predicted octanol–water partition coefficient (Wildman–Crippen LogP) is -0.0916. The second kappa shape index (κ2) is 4.42. The zero-order chi connectivity index (χ0) is 9.78. The number of carbonyl (C=O) groups is 1. The van der Waals surface area contributed by atoms with Crippen molar-refractivity contribution in [1.29, 1.82) is 0 Å². The van der Waals surface area contributed by atoms with Crippen LogP contribution in [0.25, 0.3) is 0 Å². The highest BCUT2D eigenvalue weighted by Crippen LogP contribution is 2.06. The lowest BCUT2D eigenvalue weighted by Crippen LogP contribution is -2.52. The van der Waals surface area contributed by atoms with Crippen LogP contribution in [0.1, 0.15) is 20.8 Å². The van der Waals surface area contributed by atoms with Gasteiger partial charge in [0.1, 0.15) is 5.54 Å². The molecule has 1 atom stereocenters. The Hall–Kier alpha value is -0.610. The number of carbonyl (C=O) groups excluding carboxylic acids is 1. The van der Waals surface area contributed by atoms with Crippen molar-refractivity contribution in [2.24, 2.45) is 0 Å². The molecule has 0 aromatic carbocycles. The van der Waals surface area contributed by atoms with Gasteiger partial charge in [0.05, 0.1) is 12.7 Å².